The van der Waals surface area contributed by atoms with Gasteiger partial charge in [0.15, 0.2) is 0 Å². The van der Waals surface area contributed by atoms with Gasteiger partial charge in [-0.3, -0.25) is 4.79 Å². The Kier molecular flexibility index (Phi) is 4.14. The van der Waals surface area contributed by atoms with Gasteiger partial charge in [-0.2, -0.15) is 0 Å². The summed E-state index contributed by atoms with van der Waals surface area (Å²) in [6, 6.07) is 12.4. The van der Waals surface area contributed by atoms with E-state index in [0.717, 1.165) is 19.4 Å². The van der Waals surface area contributed by atoms with E-state index in [2.05, 4.69) is 47.5 Å². The van der Waals surface area contributed by atoms with Gasteiger partial charge in [-0.05, 0) is 50.5 Å². The van der Waals surface area contributed by atoms with E-state index in [9.17, 15) is 4.79 Å². The van der Waals surface area contributed by atoms with E-state index in [1.165, 1.54) is 31.2 Å². The van der Waals surface area contributed by atoms with Crippen LogP contribution in [-0.2, 0) is 4.79 Å². The minimum absolute atomic E-state index is 0.336. The average Bonchev–Trinajstić information content (AvgIpc) is 3.10. The summed E-state index contributed by atoms with van der Waals surface area (Å²) in [5, 5.41) is 3.68. The molecular formula is C20H28N2O. The second-order valence-electron chi connectivity index (χ2n) is 7.81. The predicted molar refractivity (Wildman–Crippen MR) is 92.3 cm³/mol. The number of nitrogens with one attached hydrogen (secondary N) is 1. The number of nitrogens with zero attached hydrogens (tertiary/aromatic N) is 1. The highest BCUT2D eigenvalue weighted by molar-refractivity contribution is 5.77. The highest BCUT2D eigenvalue weighted by Gasteiger charge is 2.38. The van der Waals surface area contributed by atoms with Crippen molar-refractivity contribution in [1.82, 2.24) is 10.2 Å². The van der Waals surface area contributed by atoms with Crippen LogP contribution < -0.4 is 5.32 Å². The molecule has 0 radical (unpaired) electrons. The molecule has 3 aliphatic rings. The van der Waals surface area contributed by atoms with Crippen molar-refractivity contribution in [2.45, 2.75) is 69.5 Å². The number of piperidine rings is 1. The molecule has 4 unspecified atom stereocenters. The van der Waals surface area contributed by atoms with Crippen molar-refractivity contribution in [2.75, 3.05) is 6.54 Å². The van der Waals surface area contributed by atoms with Gasteiger partial charge in [0.05, 0.1) is 0 Å². The largest absolute Gasteiger partial charge is 0.339 e. The Labute approximate surface area is 139 Å². The van der Waals surface area contributed by atoms with E-state index in [1.807, 2.05) is 0 Å². The summed E-state index contributed by atoms with van der Waals surface area (Å²) in [6.07, 6.45) is 6.89. The van der Waals surface area contributed by atoms with Crippen molar-refractivity contribution in [3.05, 3.63) is 35.9 Å². The maximum atomic E-state index is 12.8. The minimum Gasteiger partial charge on any atom is -0.339 e. The number of amides is 1. The number of carbonyl (C=O) groups excluding carboxylic acids is 1. The van der Waals surface area contributed by atoms with Gasteiger partial charge in [0.25, 0.3) is 0 Å². The fraction of sp³-hybridized carbons (Fsp3) is 0.650. The van der Waals surface area contributed by atoms with Crippen LogP contribution in [0.1, 0.15) is 56.9 Å². The molecular weight excluding hydrogens is 284 g/mol. The van der Waals surface area contributed by atoms with Gasteiger partial charge in [-0.25, -0.2) is 0 Å². The standard InChI is InChI=1S/C20H28N2O/c1-14-19(16-5-3-2-4-6-16)9-10-22(14)20(23)13-15-11-17-7-8-18(12-15)21-17/h2-6,14-15,17-19,21H,7-13H2,1H3. The molecule has 3 nitrogen and oxygen atoms in total. The van der Waals surface area contributed by atoms with Gasteiger partial charge < -0.3 is 10.2 Å². The first-order chi connectivity index (χ1) is 11.2. The maximum Gasteiger partial charge on any atom is 0.223 e. The summed E-state index contributed by atoms with van der Waals surface area (Å²) in [5.41, 5.74) is 1.38. The van der Waals surface area contributed by atoms with Gasteiger partial charge >= 0.3 is 0 Å². The molecule has 1 aromatic rings. The fourth-order valence-corrected chi connectivity index (χ4v) is 5.14. The van der Waals surface area contributed by atoms with Gasteiger partial charge in [-0.15, -0.1) is 0 Å². The molecule has 2 bridgehead atoms. The number of benzene rings is 1. The molecule has 0 aliphatic carbocycles. The first kappa shape index (κ1) is 15.2. The van der Waals surface area contributed by atoms with Crippen molar-refractivity contribution in [2.24, 2.45) is 5.92 Å². The Balaban J connectivity index is 1.37. The monoisotopic (exact) mass is 312 g/mol. The lowest BCUT2D eigenvalue weighted by atomic mass is 9.89. The number of hydrogen-bond donors (Lipinski definition) is 1. The molecule has 4 rings (SSSR count). The van der Waals surface area contributed by atoms with E-state index >= 15 is 0 Å². The Morgan fingerprint density at radius 2 is 1.83 bits per heavy atom. The molecule has 3 saturated heterocycles. The van der Waals surface area contributed by atoms with Crippen LogP contribution in [0.2, 0.25) is 0 Å². The molecule has 3 fully saturated rings. The maximum absolute atomic E-state index is 12.8. The predicted octanol–water partition coefficient (Wildman–Crippen LogP) is 3.31. The summed E-state index contributed by atoms with van der Waals surface area (Å²) < 4.78 is 0. The van der Waals surface area contributed by atoms with E-state index in [0.29, 0.717) is 35.9 Å². The summed E-state index contributed by atoms with van der Waals surface area (Å²) in [4.78, 5) is 15.0. The molecule has 4 atom stereocenters. The fourth-order valence-electron chi connectivity index (χ4n) is 5.14. The minimum atomic E-state index is 0.336. The van der Waals surface area contributed by atoms with Crippen LogP contribution in [0.5, 0.6) is 0 Å². The molecule has 3 aliphatic heterocycles. The highest BCUT2D eigenvalue weighted by atomic mass is 16.2. The van der Waals surface area contributed by atoms with Crippen LogP contribution in [-0.4, -0.2) is 35.5 Å². The van der Waals surface area contributed by atoms with Crippen LogP contribution in [0.3, 0.4) is 0 Å². The van der Waals surface area contributed by atoms with Crippen LogP contribution in [0, 0.1) is 5.92 Å². The summed E-state index contributed by atoms with van der Waals surface area (Å²) in [6.45, 7) is 3.16. The smallest absolute Gasteiger partial charge is 0.223 e. The van der Waals surface area contributed by atoms with Crippen LogP contribution in [0.15, 0.2) is 30.3 Å². The molecule has 0 saturated carbocycles. The third-order valence-corrected chi connectivity index (χ3v) is 6.34. The topological polar surface area (TPSA) is 32.3 Å². The zero-order valence-corrected chi connectivity index (χ0v) is 14.1. The second-order valence-corrected chi connectivity index (χ2v) is 7.81. The first-order valence-electron chi connectivity index (χ1n) is 9.31. The van der Waals surface area contributed by atoms with E-state index in [4.69, 9.17) is 0 Å². The normalized spacial score (nSPS) is 36.4. The number of likely N-dealkylation sites (tertiary alicyclic amines) is 1. The van der Waals surface area contributed by atoms with Crippen molar-refractivity contribution in [3.8, 4) is 0 Å². The van der Waals surface area contributed by atoms with Crippen molar-refractivity contribution < 1.29 is 4.79 Å². The second kappa shape index (κ2) is 6.27. The molecule has 1 N–H and O–H groups in total. The lowest BCUT2D eigenvalue weighted by Crippen LogP contribution is -2.41. The van der Waals surface area contributed by atoms with E-state index < -0.39 is 0 Å². The Bertz CT molecular complexity index is 546. The third-order valence-electron chi connectivity index (χ3n) is 6.34. The quantitative estimate of drug-likeness (QED) is 0.928. The van der Waals surface area contributed by atoms with E-state index in [1.54, 1.807) is 0 Å². The third kappa shape index (κ3) is 3.03. The Morgan fingerprint density at radius 1 is 1.13 bits per heavy atom. The van der Waals surface area contributed by atoms with Crippen molar-refractivity contribution in [1.29, 1.82) is 0 Å². The Hall–Kier alpha value is -1.35. The highest BCUT2D eigenvalue weighted by Crippen LogP contribution is 2.36. The van der Waals surface area contributed by atoms with Crippen LogP contribution in [0.25, 0.3) is 0 Å². The SMILES string of the molecule is CC1C(c2ccccc2)CCN1C(=O)CC1CC2CCC(C1)N2. The van der Waals surface area contributed by atoms with Crippen LogP contribution >= 0.6 is 0 Å². The number of hydrogen-bond acceptors (Lipinski definition) is 2. The molecule has 23 heavy (non-hydrogen) atoms. The summed E-state index contributed by atoms with van der Waals surface area (Å²) >= 11 is 0. The molecule has 1 amide bonds. The molecule has 3 heteroatoms. The van der Waals surface area contributed by atoms with E-state index in [-0.39, 0.29) is 0 Å². The average molecular weight is 312 g/mol. The van der Waals surface area contributed by atoms with Gasteiger partial charge in [0, 0.05) is 37.0 Å². The number of rotatable bonds is 3. The van der Waals surface area contributed by atoms with Crippen LogP contribution in [0.4, 0.5) is 0 Å². The van der Waals surface area contributed by atoms with Crippen molar-refractivity contribution in [3.63, 3.8) is 0 Å². The lowest BCUT2D eigenvalue weighted by Gasteiger charge is -2.31. The zero-order chi connectivity index (χ0) is 15.8. The number of fused-ring (bicyclic) bond motifs is 2. The van der Waals surface area contributed by atoms with Gasteiger partial charge in [-0.1, -0.05) is 30.3 Å². The zero-order valence-electron chi connectivity index (χ0n) is 14.1. The molecule has 1 aromatic carbocycles. The van der Waals surface area contributed by atoms with Crippen molar-refractivity contribution >= 4 is 5.91 Å². The molecule has 124 valence electrons. The van der Waals surface area contributed by atoms with Gasteiger partial charge in [0.1, 0.15) is 0 Å². The Morgan fingerprint density at radius 3 is 2.52 bits per heavy atom. The molecule has 0 spiro atoms. The first-order valence-corrected chi connectivity index (χ1v) is 9.31. The molecule has 3 heterocycles. The molecule has 0 aromatic heterocycles. The number of carbonyl (C=O) groups is 1. The summed E-state index contributed by atoms with van der Waals surface area (Å²) in [7, 11) is 0. The summed E-state index contributed by atoms with van der Waals surface area (Å²) in [5.74, 6) is 1.50. The lowest BCUT2D eigenvalue weighted by molar-refractivity contribution is -0.133. The van der Waals surface area contributed by atoms with Gasteiger partial charge in [0.2, 0.25) is 5.91 Å².